The zero-order chi connectivity index (χ0) is 12.4. The molecule has 1 aliphatic rings. The zero-order valence-corrected chi connectivity index (χ0v) is 10.6. The Kier molecular flexibility index (Phi) is 3.11. The van der Waals surface area contributed by atoms with E-state index in [1.165, 1.54) is 25.1 Å². The molecular weight excluding hydrogens is 224 g/mol. The Labute approximate surface area is 107 Å². The second-order valence-electron chi connectivity index (χ2n) is 5.14. The van der Waals surface area contributed by atoms with Crippen LogP contribution in [0.1, 0.15) is 12.0 Å². The van der Waals surface area contributed by atoms with E-state index in [1.807, 2.05) is 12.3 Å². The van der Waals surface area contributed by atoms with Gasteiger partial charge in [0.15, 0.2) is 0 Å². The first-order chi connectivity index (χ1) is 8.81. The van der Waals surface area contributed by atoms with E-state index >= 15 is 0 Å². The number of nitrogens with zero attached hydrogens (tertiary/aromatic N) is 3. The number of aromatic nitrogens is 3. The van der Waals surface area contributed by atoms with Gasteiger partial charge < -0.3 is 4.90 Å². The highest BCUT2D eigenvalue weighted by Crippen LogP contribution is 2.21. The fraction of sp³-hybridized carbons (Fsp3) is 0.429. The van der Waals surface area contributed by atoms with E-state index in [0.29, 0.717) is 0 Å². The predicted octanol–water partition coefficient (Wildman–Crippen LogP) is 1.97. The van der Waals surface area contributed by atoms with Crippen molar-refractivity contribution in [2.45, 2.75) is 12.8 Å². The van der Waals surface area contributed by atoms with Crippen LogP contribution in [0.5, 0.6) is 0 Å². The van der Waals surface area contributed by atoms with E-state index in [2.05, 4.69) is 39.3 Å². The molecule has 0 spiro atoms. The molecule has 1 fully saturated rings. The summed E-state index contributed by atoms with van der Waals surface area (Å²) in [7, 11) is 2.20. The summed E-state index contributed by atoms with van der Waals surface area (Å²) < 4.78 is 0. The van der Waals surface area contributed by atoms with E-state index in [4.69, 9.17) is 0 Å². The summed E-state index contributed by atoms with van der Waals surface area (Å²) in [5.74, 6) is 0.784. The fourth-order valence-corrected chi connectivity index (χ4v) is 2.67. The van der Waals surface area contributed by atoms with E-state index in [1.54, 1.807) is 6.20 Å². The average Bonchev–Trinajstić information content (AvgIpc) is 3.01. The van der Waals surface area contributed by atoms with Crippen LogP contribution < -0.4 is 0 Å². The van der Waals surface area contributed by atoms with Crippen LogP contribution in [0.15, 0.2) is 30.6 Å². The summed E-state index contributed by atoms with van der Waals surface area (Å²) in [6.07, 6.45) is 6.10. The third-order valence-electron chi connectivity index (χ3n) is 3.61. The molecule has 3 heterocycles. The monoisotopic (exact) mass is 242 g/mol. The molecule has 0 radical (unpaired) electrons. The van der Waals surface area contributed by atoms with Gasteiger partial charge in [-0.1, -0.05) is 0 Å². The van der Waals surface area contributed by atoms with Gasteiger partial charge >= 0.3 is 0 Å². The van der Waals surface area contributed by atoms with Crippen molar-refractivity contribution in [3.8, 4) is 11.4 Å². The topological polar surface area (TPSA) is 44.8 Å². The molecule has 4 heteroatoms. The maximum absolute atomic E-state index is 4.39. The minimum atomic E-state index is 0.784. The van der Waals surface area contributed by atoms with Gasteiger partial charge in [-0.2, -0.15) is 5.10 Å². The number of hydrogen-bond acceptors (Lipinski definition) is 3. The molecule has 0 bridgehead atoms. The summed E-state index contributed by atoms with van der Waals surface area (Å²) in [4.78, 5) is 6.79. The van der Waals surface area contributed by atoms with Gasteiger partial charge in [-0.15, -0.1) is 0 Å². The summed E-state index contributed by atoms with van der Waals surface area (Å²) in [5.41, 5.74) is 3.34. The van der Waals surface area contributed by atoms with Gasteiger partial charge in [-0.25, -0.2) is 0 Å². The van der Waals surface area contributed by atoms with Crippen LogP contribution in [0.4, 0.5) is 0 Å². The maximum Gasteiger partial charge on any atom is 0.0883 e. The zero-order valence-electron chi connectivity index (χ0n) is 10.6. The molecule has 94 valence electrons. The van der Waals surface area contributed by atoms with Gasteiger partial charge in [-0.3, -0.25) is 10.1 Å². The third-order valence-corrected chi connectivity index (χ3v) is 3.61. The van der Waals surface area contributed by atoms with E-state index in [0.717, 1.165) is 23.7 Å². The fourth-order valence-electron chi connectivity index (χ4n) is 2.67. The molecule has 0 amide bonds. The van der Waals surface area contributed by atoms with Gasteiger partial charge in [0.25, 0.3) is 0 Å². The van der Waals surface area contributed by atoms with Crippen molar-refractivity contribution in [2.24, 2.45) is 5.92 Å². The molecular formula is C14H18N4. The Bertz CT molecular complexity index is 506. The highest BCUT2D eigenvalue weighted by Gasteiger charge is 2.19. The highest BCUT2D eigenvalue weighted by atomic mass is 15.1. The third kappa shape index (κ3) is 2.43. The van der Waals surface area contributed by atoms with Crippen LogP contribution >= 0.6 is 0 Å². The minimum Gasteiger partial charge on any atom is -0.306 e. The number of rotatable bonds is 3. The molecule has 0 saturated carbocycles. The SMILES string of the molecule is CN1CCC(Cc2ccnc(-c3ccn[nH]3)c2)C1. The Morgan fingerprint density at radius 1 is 1.39 bits per heavy atom. The average molecular weight is 242 g/mol. The highest BCUT2D eigenvalue weighted by molar-refractivity contribution is 5.53. The molecule has 4 nitrogen and oxygen atoms in total. The molecule has 1 aliphatic heterocycles. The minimum absolute atomic E-state index is 0.784. The van der Waals surface area contributed by atoms with Crippen molar-refractivity contribution < 1.29 is 0 Å². The molecule has 1 unspecified atom stereocenters. The second kappa shape index (κ2) is 4.90. The Morgan fingerprint density at radius 2 is 2.33 bits per heavy atom. The second-order valence-corrected chi connectivity index (χ2v) is 5.14. The number of pyridine rings is 1. The van der Waals surface area contributed by atoms with Crippen molar-refractivity contribution in [3.05, 3.63) is 36.2 Å². The lowest BCUT2D eigenvalue weighted by molar-refractivity contribution is 0.394. The Hall–Kier alpha value is -1.68. The summed E-state index contributed by atoms with van der Waals surface area (Å²) in [6.45, 7) is 2.44. The smallest absolute Gasteiger partial charge is 0.0883 e. The van der Waals surface area contributed by atoms with E-state index in [9.17, 15) is 0 Å². The van der Waals surface area contributed by atoms with Crippen LogP contribution in [0.3, 0.4) is 0 Å². The molecule has 0 aromatic carbocycles. The number of aromatic amines is 1. The molecule has 0 aliphatic carbocycles. The van der Waals surface area contributed by atoms with Gasteiger partial charge in [0.2, 0.25) is 0 Å². The Morgan fingerprint density at radius 3 is 3.06 bits per heavy atom. The van der Waals surface area contributed by atoms with Crippen molar-refractivity contribution in [3.63, 3.8) is 0 Å². The van der Waals surface area contributed by atoms with Crippen molar-refractivity contribution in [1.82, 2.24) is 20.1 Å². The lowest BCUT2D eigenvalue weighted by Gasteiger charge is -2.10. The summed E-state index contributed by atoms with van der Waals surface area (Å²) in [6, 6.07) is 6.25. The van der Waals surface area contributed by atoms with Crippen LogP contribution in [0, 0.1) is 5.92 Å². The van der Waals surface area contributed by atoms with Crippen molar-refractivity contribution in [2.75, 3.05) is 20.1 Å². The standard InChI is InChI=1S/C14H18N4/c1-18-7-4-12(10-18)8-11-2-5-15-14(9-11)13-3-6-16-17-13/h2-3,5-6,9,12H,4,7-8,10H2,1H3,(H,16,17). The van der Waals surface area contributed by atoms with Crippen LogP contribution in [0.25, 0.3) is 11.4 Å². The normalized spacial score (nSPS) is 20.4. The molecule has 2 aromatic rings. The Balaban J connectivity index is 1.75. The van der Waals surface area contributed by atoms with Gasteiger partial charge in [-0.05, 0) is 56.1 Å². The molecule has 1 N–H and O–H groups in total. The van der Waals surface area contributed by atoms with Crippen LogP contribution in [-0.2, 0) is 6.42 Å². The van der Waals surface area contributed by atoms with Gasteiger partial charge in [0, 0.05) is 18.9 Å². The van der Waals surface area contributed by atoms with E-state index < -0.39 is 0 Å². The first kappa shape index (κ1) is 11.4. The first-order valence-corrected chi connectivity index (χ1v) is 6.44. The van der Waals surface area contributed by atoms with Crippen LogP contribution in [-0.4, -0.2) is 40.2 Å². The lowest BCUT2D eigenvalue weighted by atomic mass is 9.98. The maximum atomic E-state index is 4.39. The number of hydrogen-bond donors (Lipinski definition) is 1. The molecule has 1 atom stereocenters. The van der Waals surface area contributed by atoms with Gasteiger partial charge in [0.05, 0.1) is 11.4 Å². The quantitative estimate of drug-likeness (QED) is 0.895. The summed E-state index contributed by atoms with van der Waals surface area (Å²) in [5, 5.41) is 6.93. The molecule has 2 aromatic heterocycles. The van der Waals surface area contributed by atoms with Crippen LogP contribution in [0.2, 0.25) is 0 Å². The van der Waals surface area contributed by atoms with Crippen molar-refractivity contribution >= 4 is 0 Å². The number of H-pyrrole nitrogens is 1. The molecule has 3 rings (SSSR count). The first-order valence-electron chi connectivity index (χ1n) is 6.44. The number of nitrogens with one attached hydrogen (secondary N) is 1. The summed E-state index contributed by atoms with van der Waals surface area (Å²) >= 11 is 0. The lowest BCUT2D eigenvalue weighted by Crippen LogP contribution is -2.15. The molecule has 18 heavy (non-hydrogen) atoms. The largest absolute Gasteiger partial charge is 0.306 e. The van der Waals surface area contributed by atoms with Crippen molar-refractivity contribution in [1.29, 1.82) is 0 Å². The number of likely N-dealkylation sites (tertiary alicyclic amines) is 1. The van der Waals surface area contributed by atoms with E-state index in [-0.39, 0.29) is 0 Å². The molecule has 1 saturated heterocycles. The predicted molar refractivity (Wildman–Crippen MR) is 71.1 cm³/mol. The van der Waals surface area contributed by atoms with Gasteiger partial charge in [0.1, 0.15) is 0 Å².